The lowest BCUT2D eigenvalue weighted by Crippen LogP contribution is -2.21. The Morgan fingerprint density at radius 2 is 1.94 bits per heavy atom. The number of Topliss-reactive ketones (excluding diaryl/α,β-unsaturated/α-hetero) is 1. The van der Waals surface area contributed by atoms with E-state index in [1.807, 2.05) is 38.1 Å². The molecule has 4 aromatic rings. The first-order valence-corrected chi connectivity index (χ1v) is 10.3. The minimum atomic E-state index is -0.487. The van der Waals surface area contributed by atoms with Crippen LogP contribution in [0, 0.1) is 13.8 Å². The van der Waals surface area contributed by atoms with Crippen LogP contribution in [-0.2, 0) is 11.4 Å². The second kappa shape index (κ2) is 7.64. The zero-order valence-corrected chi connectivity index (χ0v) is 18.2. The van der Waals surface area contributed by atoms with E-state index in [9.17, 15) is 4.79 Å². The van der Waals surface area contributed by atoms with E-state index in [4.69, 9.17) is 18.9 Å². The molecule has 3 aromatic heterocycles. The lowest BCUT2D eigenvalue weighted by Gasteiger charge is -2.26. The van der Waals surface area contributed by atoms with Gasteiger partial charge in [0, 0.05) is 5.57 Å². The van der Waals surface area contributed by atoms with Crippen LogP contribution in [0.25, 0.3) is 5.65 Å². The summed E-state index contributed by atoms with van der Waals surface area (Å²) >= 11 is 0. The zero-order valence-electron chi connectivity index (χ0n) is 18.2. The number of para-hydroxylation sites is 1. The van der Waals surface area contributed by atoms with Gasteiger partial charge >= 0.3 is 0 Å². The van der Waals surface area contributed by atoms with Gasteiger partial charge in [-0.1, -0.05) is 18.2 Å². The van der Waals surface area contributed by atoms with Crippen LogP contribution in [0.15, 0.2) is 58.7 Å². The molecule has 1 aliphatic heterocycles. The molecule has 0 aliphatic carbocycles. The van der Waals surface area contributed by atoms with E-state index in [1.165, 1.54) is 6.92 Å². The maximum Gasteiger partial charge on any atom is 0.228 e. The van der Waals surface area contributed by atoms with Crippen molar-refractivity contribution in [3.8, 4) is 11.6 Å². The monoisotopic (exact) mass is 430 g/mol. The molecule has 1 aromatic carbocycles. The Balaban J connectivity index is 1.59. The van der Waals surface area contributed by atoms with Crippen molar-refractivity contribution in [3.05, 3.63) is 82.5 Å². The molecule has 162 valence electrons. The number of rotatable bonds is 5. The van der Waals surface area contributed by atoms with Crippen LogP contribution in [0.1, 0.15) is 48.0 Å². The molecule has 0 bridgehead atoms. The van der Waals surface area contributed by atoms with Crippen LogP contribution >= 0.6 is 0 Å². The fourth-order valence-corrected chi connectivity index (χ4v) is 4.20. The number of furan rings is 1. The highest BCUT2D eigenvalue weighted by molar-refractivity contribution is 5.97. The molecule has 5 rings (SSSR count). The molecule has 0 saturated carbocycles. The number of aromatic nitrogens is 4. The Morgan fingerprint density at radius 3 is 2.62 bits per heavy atom. The summed E-state index contributed by atoms with van der Waals surface area (Å²) in [5.41, 5.74) is 3.79. The fraction of sp³-hybridized carbons (Fsp3) is 0.250. The van der Waals surface area contributed by atoms with Crippen LogP contribution in [0.2, 0.25) is 0 Å². The average molecular weight is 430 g/mol. The predicted molar refractivity (Wildman–Crippen MR) is 116 cm³/mol. The van der Waals surface area contributed by atoms with E-state index in [2.05, 4.69) is 10.1 Å². The first-order valence-electron chi connectivity index (χ1n) is 10.3. The molecule has 1 aliphatic rings. The number of aryl methyl sites for hydroxylation is 2. The third-order valence-electron chi connectivity index (χ3n) is 5.60. The van der Waals surface area contributed by atoms with Crippen LogP contribution in [-0.4, -0.2) is 25.4 Å². The number of carbonyl (C=O) groups is 1. The van der Waals surface area contributed by atoms with Gasteiger partial charge in [-0.2, -0.15) is 0 Å². The highest BCUT2D eigenvalue weighted by Crippen LogP contribution is 2.44. The molecule has 0 fully saturated rings. The lowest BCUT2D eigenvalue weighted by molar-refractivity contribution is -0.114. The summed E-state index contributed by atoms with van der Waals surface area (Å²) < 4.78 is 19.2. The Bertz CT molecular complexity index is 1350. The smallest absolute Gasteiger partial charge is 0.228 e. The number of benzene rings is 1. The first-order chi connectivity index (χ1) is 15.4. The van der Waals surface area contributed by atoms with Gasteiger partial charge in [-0.15, -0.1) is 5.10 Å². The largest absolute Gasteiger partial charge is 0.485 e. The van der Waals surface area contributed by atoms with Gasteiger partial charge in [-0.05, 0) is 51.0 Å². The Labute approximate surface area is 184 Å². The third kappa shape index (κ3) is 3.24. The Kier molecular flexibility index (Phi) is 4.77. The van der Waals surface area contributed by atoms with Gasteiger partial charge in [0.05, 0.1) is 17.7 Å². The van der Waals surface area contributed by atoms with Crippen molar-refractivity contribution in [2.75, 3.05) is 0 Å². The second-order valence-electron chi connectivity index (χ2n) is 7.85. The van der Waals surface area contributed by atoms with E-state index < -0.39 is 5.92 Å². The normalized spacial score (nSPS) is 15.6. The Morgan fingerprint density at radius 1 is 1.16 bits per heavy atom. The summed E-state index contributed by atoms with van der Waals surface area (Å²) in [5.74, 6) is 2.23. The van der Waals surface area contributed by atoms with Gasteiger partial charge in [0.25, 0.3) is 0 Å². The van der Waals surface area contributed by atoms with E-state index in [1.54, 1.807) is 30.1 Å². The summed E-state index contributed by atoms with van der Waals surface area (Å²) in [7, 11) is 0. The van der Waals surface area contributed by atoms with Crippen LogP contribution in [0.5, 0.6) is 11.6 Å². The topological polar surface area (TPSA) is 91.8 Å². The lowest BCUT2D eigenvalue weighted by atomic mass is 9.85. The van der Waals surface area contributed by atoms with E-state index in [0.29, 0.717) is 40.0 Å². The van der Waals surface area contributed by atoms with Crippen LogP contribution < -0.4 is 9.47 Å². The van der Waals surface area contributed by atoms with Gasteiger partial charge in [-0.3, -0.25) is 4.79 Å². The van der Waals surface area contributed by atoms with E-state index >= 15 is 0 Å². The molecule has 0 radical (unpaired) electrons. The molecule has 0 unspecified atom stereocenters. The van der Waals surface area contributed by atoms with Gasteiger partial charge in [0.2, 0.25) is 5.88 Å². The number of ketones is 1. The van der Waals surface area contributed by atoms with Gasteiger partial charge < -0.3 is 13.9 Å². The highest BCUT2D eigenvalue weighted by atomic mass is 16.5. The zero-order chi connectivity index (χ0) is 22.4. The first kappa shape index (κ1) is 20.0. The minimum absolute atomic E-state index is 0.102. The molecule has 0 amide bonds. The van der Waals surface area contributed by atoms with Crippen molar-refractivity contribution in [3.63, 3.8) is 0 Å². The fourth-order valence-electron chi connectivity index (χ4n) is 4.20. The highest BCUT2D eigenvalue weighted by Gasteiger charge is 2.37. The third-order valence-corrected chi connectivity index (χ3v) is 5.60. The molecule has 8 nitrogen and oxygen atoms in total. The molecule has 0 saturated heterocycles. The quantitative estimate of drug-likeness (QED) is 0.466. The SMILES string of the molecule is CC(=O)C1=C(C)Oc2ncn3nc(COc4c(C)cccc4C)nc3c2[C@H]1c1ccco1. The summed E-state index contributed by atoms with van der Waals surface area (Å²) in [4.78, 5) is 21.7. The molecule has 0 spiro atoms. The average Bonchev–Trinajstić information content (AvgIpc) is 3.41. The summed E-state index contributed by atoms with van der Waals surface area (Å²) in [6.07, 6.45) is 3.13. The molecule has 8 heteroatoms. The van der Waals surface area contributed by atoms with E-state index in [0.717, 1.165) is 16.9 Å². The molecule has 4 heterocycles. The Hall–Kier alpha value is -3.94. The van der Waals surface area contributed by atoms with Crippen LogP contribution in [0.3, 0.4) is 0 Å². The molecular weight excluding hydrogens is 408 g/mol. The number of carbonyl (C=O) groups excluding carboxylic acids is 1. The van der Waals surface area contributed by atoms with Crippen molar-refractivity contribution >= 4 is 11.4 Å². The van der Waals surface area contributed by atoms with Gasteiger partial charge in [0.1, 0.15) is 30.2 Å². The number of hydrogen-bond acceptors (Lipinski definition) is 7. The molecule has 32 heavy (non-hydrogen) atoms. The number of nitrogens with zero attached hydrogens (tertiary/aromatic N) is 4. The summed E-state index contributed by atoms with van der Waals surface area (Å²) in [5, 5.41) is 4.53. The maximum atomic E-state index is 12.5. The molecular formula is C24H22N4O4. The van der Waals surface area contributed by atoms with Crippen LogP contribution in [0.4, 0.5) is 0 Å². The van der Waals surface area contributed by atoms with Crippen molar-refractivity contribution < 1.29 is 18.7 Å². The number of hydrogen-bond donors (Lipinski definition) is 0. The van der Waals surface area contributed by atoms with Crippen molar-refractivity contribution in [1.29, 1.82) is 0 Å². The number of ether oxygens (including phenoxy) is 2. The number of fused-ring (bicyclic) bond motifs is 3. The van der Waals surface area contributed by atoms with E-state index in [-0.39, 0.29) is 12.4 Å². The van der Waals surface area contributed by atoms with Gasteiger partial charge in [-0.25, -0.2) is 14.5 Å². The molecule has 0 N–H and O–H groups in total. The second-order valence-corrected chi connectivity index (χ2v) is 7.85. The maximum absolute atomic E-state index is 12.5. The predicted octanol–water partition coefficient (Wildman–Crippen LogP) is 4.30. The van der Waals surface area contributed by atoms with Crippen molar-refractivity contribution in [1.82, 2.24) is 19.6 Å². The van der Waals surface area contributed by atoms with Gasteiger partial charge in [0.15, 0.2) is 17.3 Å². The minimum Gasteiger partial charge on any atom is -0.485 e. The van der Waals surface area contributed by atoms with Crippen molar-refractivity contribution in [2.24, 2.45) is 0 Å². The molecule has 1 atom stereocenters. The summed E-state index contributed by atoms with van der Waals surface area (Å²) in [6, 6.07) is 9.63. The summed E-state index contributed by atoms with van der Waals surface area (Å²) in [6.45, 7) is 7.48. The standard InChI is InChI=1S/C24H22N4O4/c1-13-7-5-8-14(2)22(13)31-11-18-26-23-21-20(17-9-6-10-30-17)19(15(3)29)16(4)32-24(21)25-12-28(23)27-18/h5-10,12,20H,11H2,1-4H3/t20-/m0/s1. The van der Waals surface area contributed by atoms with Crippen molar-refractivity contribution in [2.45, 2.75) is 40.2 Å². The number of allylic oxidation sites excluding steroid dienone is 2.